The lowest BCUT2D eigenvalue weighted by molar-refractivity contribution is 0.0601. The minimum Gasteiger partial charge on any atom is -0.465 e. The van der Waals surface area contributed by atoms with Gasteiger partial charge in [-0.1, -0.05) is 29.8 Å². The molecule has 0 spiro atoms. The first-order valence-corrected chi connectivity index (χ1v) is 5.39. The molecule has 0 bridgehead atoms. The van der Waals surface area contributed by atoms with Crippen molar-refractivity contribution in [2.24, 2.45) is 0 Å². The van der Waals surface area contributed by atoms with E-state index in [2.05, 4.69) is 4.98 Å². The molecule has 86 valence electrons. The molecule has 0 radical (unpaired) electrons. The van der Waals surface area contributed by atoms with Gasteiger partial charge in [-0.15, -0.1) is 0 Å². The number of aromatic nitrogens is 1. The summed E-state index contributed by atoms with van der Waals surface area (Å²) in [6.07, 6.45) is 3.09. The van der Waals surface area contributed by atoms with Crippen LogP contribution in [0.4, 0.5) is 0 Å². The van der Waals surface area contributed by atoms with Gasteiger partial charge in [0.25, 0.3) is 0 Å². The summed E-state index contributed by atoms with van der Waals surface area (Å²) in [5, 5.41) is 0.587. The standard InChI is InChI=1S/C13H10ClNO2/c1-17-13(16)11-8-15-7-6-9(11)10-4-2-3-5-12(10)14/h2-8H,1H3. The molecule has 17 heavy (non-hydrogen) atoms. The molecule has 4 heteroatoms. The second-order valence-electron chi connectivity index (χ2n) is 3.39. The highest BCUT2D eigenvalue weighted by Gasteiger charge is 2.14. The van der Waals surface area contributed by atoms with E-state index in [0.29, 0.717) is 10.6 Å². The van der Waals surface area contributed by atoms with Gasteiger partial charge in [-0.25, -0.2) is 4.79 Å². The Morgan fingerprint density at radius 1 is 1.24 bits per heavy atom. The van der Waals surface area contributed by atoms with Crippen molar-refractivity contribution in [2.75, 3.05) is 7.11 Å². The molecule has 0 atom stereocenters. The van der Waals surface area contributed by atoms with Crippen LogP contribution in [0.25, 0.3) is 11.1 Å². The molecule has 0 fully saturated rings. The quantitative estimate of drug-likeness (QED) is 0.765. The molecule has 2 aromatic rings. The second-order valence-corrected chi connectivity index (χ2v) is 3.80. The summed E-state index contributed by atoms with van der Waals surface area (Å²) < 4.78 is 4.72. The number of hydrogen-bond donors (Lipinski definition) is 0. The van der Waals surface area contributed by atoms with Crippen molar-refractivity contribution in [1.82, 2.24) is 4.98 Å². The normalized spacial score (nSPS) is 10.0. The number of pyridine rings is 1. The number of nitrogens with zero attached hydrogens (tertiary/aromatic N) is 1. The minimum absolute atomic E-state index is 0.406. The van der Waals surface area contributed by atoms with Gasteiger partial charge in [-0.3, -0.25) is 4.98 Å². The molecule has 1 heterocycles. The maximum atomic E-state index is 11.6. The molecule has 3 nitrogen and oxygen atoms in total. The summed E-state index contributed by atoms with van der Waals surface area (Å²) in [5.74, 6) is -0.423. The first-order chi connectivity index (χ1) is 8.24. The molecule has 0 aliphatic carbocycles. The van der Waals surface area contributed by atoms with E-state index in [-0.39, 0.29) is 0 Å². The molecule has 0 amide bonds. The van der Waals surface area contributed by atoms with Crippen molar-refractivity contribution >= 4 is 17.6 Å². The summed E-state index contributed by atoms with van der Waals surface area (Å²) in [7, 11) is 1.34. The van der Waals surface area contributed by atoms with Gasteiger partial charge in [0.15, 0.2) is 0 Å². The van der Waals surface area contributed by atoms with Crippen molar-refractivity contribution in [1.29, 1.82) is 0 Å². The van der Waals surface area contributed by atoms with Crippen LogP contribution < -0.4 is 0 Å². The Balaban J connectivity index is 2.60. The maximum Gasteiger partial charge on any atom is 0.340 e. The first kappa shape index (κ1) is 11.6. The van der Waals surface area contributed by atoms with E-state index in [9.17, 15) is 4.79 Å². The molecule has 0 saturated carbocycles. The number of methoxy groups -OCH3 is 1. The monoisotopic (exact) mass is 247 g/mol. The highest BCUT2D eigenvalue weighted by atomic mass is 35.5. The third-order valence-corrected chi connectivity index (χ3v) is 2.72. The number of carbonyl (C=O) groups excluding carboxylic acids is 1. The van der Waals surface area contributed by atoms with Crippen LogP contribution in [0.2, 0.25) is 5.02 Å². The van der Waals surface area contributed by atoms with Crippen LogP contribution in [0.15, 0.2) is 42.7 Å². The largest absolute Gasteiger partial charge is 0.465 e. The number of hydrogen-bond acceptors (Lipinski definition) is 3. The summed E-state index contributed by atoms with van der Waals surface area (Å²) in [5.41, 5.74) is 1.91. The predicted octanol–water partition coefficient (Wildman–Crippen LogP) is 3.19. The van der Waals surface area contributed by atoms with E-state index in [1.165, 1.54) is 13.3 Å². The van der Waals surface area contributed by atoms with E-state index in [0.717, 1.165) is 11.1 Å². The number of benzene rings is 1. The van der Waals surface area contributed by atoms with Crippen molar-refractivity contribution in [3.05, 3.63) is 53.3 Å². The fraction of sp³-hybridized carbons (Fsp3) is 0.0769. The fourth-order valence-electron chi connectivity index (χ4n) is 1.58. The van der Waals surface area contributed by atoms with Gasteiger partial charge in [0.1, 0.15) is 0 Å². The van der Waals surface area contributed by atoms with Crippen molar-refractivity contribution < 1.29 is 9.53 Å². The Labute approximate surface area is 104 Å². The van der Waals surface area contributed by atoms with Gasteiger partial charge >= 0.3 is 5.97 Å². The second kappa shape index (κ2) is 4.97. The van der Waals surface area contributed by atoms with Crippen LogP contribution in [0.5, 0.6) is 0 Å². The zero-order valence-corrected chi connectivity index (χ0v) is 9.94. The lowest BCUT2D eigenvalue weighted by Crippen LogP contribution is -2.04. The minimum atomic E-state index is -0.423. The number of carbonyl (C=O) groups is 1. The van der Waals surface area contributed by atoms with Gasteiger partial charge in [0.05, 0.1) is 12.7 Å². The lowest BCUT2D eigenvalue weighted by Gasteiger charge is -2.08. The maximum absolute atomic E-state index is 11.6. The van der Waals surface area contributed by atoms with Crippen LogP contribution >= 0.6 is 11.6 Å². The molecular weight excluding hydrogens is 238 g/mol. The van der Waals surface area contributed by atoms with Gasteiger partial charge in [0, 0.05) is 28.5 Å². The van der Waals surface area contributed by atoms with E-state index >= 15 is 0 Å². The van der Waals surface area contributed by atoms with Gasteiger partial charge < -0.3 is 4.74 Å². The van der Waals surface area contributed by atoms with Crippen LogP contribution in [0, 0.1) is 0 Å². The molecule has 0 aliphatic heterocycles. The smallest absolute Gasteiger partial charge is 0.340 e. The van der Waals surface area contributed by atoms with Crippen LogP contribution in [0.1, 0.15) is 10.4 Å². The number of esters is 1. The summed E-state index contributed by atoms with van der Waals surface area (Å²) in [6, 6.07) is 9.07. The highest BCUT2D eigenvalue weighted by Crippen LogP contribution is 2.29. The van der Waals surface area contributed by atoms with Crippen molar-refractivity contribution in [3.63, 3.8) is 0 Å². The van der Waals surface area contributed by atoms with Gasteiger partial charge in [-0.05, 0) is 12.1 Å². The number of ether oxygens (including phenoxy) is 1. The summed E-state index contributed by atoms with van der Waals surface area (Å²) >= 11 is 6.11. The zero-order chi connectivity index (χ0) is 12.3. The summed E-state index contributed by atoms with van der Waals surface area (Å²) in [6.45, 7) is 0. The molecule has 1 aromatic heterocycles. The molecule has 2 rings (SSSR count). The van der Waals surface area contributed by atoms with E-state index < -0.39 is 5.97 Å². The van der Waals surface area contributed by atoms with Crippen LogP contribution in [-0.2, 0) is 4.74 Å². The molecule has 0 aliphatic rings. The number of rotatable bonds is 2. The first-order valence-electron chi connectivity index (χ1n) is 5.01. The molecular formula is C13H10ClNO2. The Morgan fingerprint density at radius 3 is 2.71 bits per heavy atom. The molecule has 0 N–H and O–H groups in total. The van der Waals surface area contributed by atoms with Gasteiger partial charge in [0.2, 0.25) is 0 Å². The van der Waals surface area contributed by atoms with Crippen LogP contribution in [-0.4, -0.2) is 18.1 Å². The van der Waals surface area contributed by atoms with E-state index in [1.54, 1.807) is 18.3 Å². The third-order valence-electron chi connectivity index (χ3n) is 2.39. The van der Waals surface area contributed by atoms with E-state index in [4.69, 9.17) is 16.3 Å². The average Bonchev–Trinajstić information content (AvgIpc) is 2.38. The van der Waals surface area contributed by atoms with Crippen molar-refractivity contribution in [2.45, 2.75) is 0 Å². The van der Waals surface area contributed by atoms with Crippen LogP contribution in [0.3, 0.4) is 0 Å². The lowest BCUT2D eigenvalue weighted by atomic mass is 10.0. The predicted molar refractivity (Wildman–Crippen MR) is 66.0 cm³/mol. The Morgan fingerprint density at radius 2 is 2.00 bits per heavy atom. The molecule has 0 unspecified atom stereocenters. The third kappa shape index (κ3) is 2.29. The van der Waals surface area contributed by atoms with Gasteiger partial charge in [-0.2, -0.15) is 0 Å². The van der Waals surface area contributed by atoms with E-state index in [1.807, 2.05) is 18.2 Å². The zero-order valence-electron chi connectivity index (χ0n) is 9.18. The Kier molecular flexibility index (Phi) is 3.40. The molecule has 1 aromatic carbocycles. The molecule has 0 saturated heterocycles. The Bertz CT molecular complexity index is 555. The SMILES string of the molecule is COC(=O)c1cnccc1-c1ccccc1Cl. The highest BCUT2D eigenvalue weighted by molar-refractivity contribution is 6.33. The average molecular weight is 248 g/mol. The Hall–Kier alpha value is -1.87. The topological polar surface area (TPSA) is 39.2 Å². The van der Waals surface area contributed by atoms with Crippen molar-refractivity contribution in [3.8, 4) is 11.1 Å². The summed E-state index contributed by atoms with van der Waals surface area (Å²) in [4.78, 5) is 15.5. The number of halogens is 1. The fourth-order valence-corrected chi connectivity index (χ4v) is 1.82.